The van der Waals surface area contributed by atoms with Crippen molar-refractivity contribution < 1.29 is 14.7 Å². The van der Waals surface area contributed by atoms with Gasteiger partial charge in [0, 0.05) is 17.3 Å². The van der Waals surface area contributed by atoms with Gasteiger partial charge in [0.25, 0.3) is 0 Å². The van der Waals surface area contributed by atoms with Crippen LogP contribution in [0.5, 0.6) is 0 Å². The van der Waals surface area contributed by atoms with Gasteiger partial charge in [-0.3, -0.25) is 19.8 Å². The summed E-state index contributed by atoms with van der Waals surface area (Å²) in [7, 11) is 1.57. The third kappa shape index (κ3) is 6.50. The Labute approximate surface area is 119 Å². The van der Waals surface area contributed by atoms with Crippen LogP contribution in [0.1, 0.15) is 13.3 Å². The number of carboxylic acids is 1. The number of aliphatic carboxylic acids is 1. The highest BCUT2D eigenvalue weighted by Gasteiger charge is 2.12. The lowest BCUT2D eigenvalue weighted by molar-refractivity contribution is -0.138. The van der Waals surface area contributed by atoms with Crippen LogP contribution in [-0.2, 0) is 9.59 Å². The molecule has 0 aliphatic carbocycles. The molecule has 0 aromatic carbocycles. The number of thioether (sulfide) groups is 1. The van der Waals surface area contributed by atoms with Crippen molar-refractivity contribution in [3.05, 3.63) is 0 Å². The van der Waals surface area contributed by atoms with Crippen LogP contribution in [0.25, 0.3) is 0 Å². The Morgan fingerprint density at radius 1 is 1.47 bits per heavy atom. The minimum absolute atomic E-state index is 0.00329. The molecule has 0 fully saturated rings. The molecule has 2 N–H and O–H groups in total. The summed E-state index contributed by atoms with van der Waals surface area (Å²) in [4.78, 5) is 27.6. The highest BCUT2D eigenvalue weighted by molar-refractivity contribution is 7.99. The van der Waals surface area contributed by atoms with E-state index in [1.807, 2.05) is 0 Å². The normalized spacial score (nSPS) is 10.7. The first kappa shape index (κ1) is 15.9. The van der Waals surface area contributed by atoms with Crippen LogP contribution >= 0.6 is 23.3 Å². The van der Waals surface area contributed by atoms with Crippen molar-refractivity contribution in [2.45, 2.75) is 18.5 Å². The number of carbonyl (C=O) groups is 2. The highest BCUT2D eigenvalue weighted by Crippen LogP contribution is 2.20. The average molecular weight is 304 g/mol. The molecule has 0 saturated carbocycles. The standard InChI is InChI=1S/C10H16N4O3S2/c1-3-4-18-10-12-9(19-13-10)11-7(15)5-14(2)6-8(16)17/h3-6H2,1-2H3,(H,16,17)(H,11,12,13,15). The van der Waals surface area contributed by atoms with E-state index in [-0.39, 0.29) is 19.0 Å². The number of hydrogen-bond acceptors (Lipinski definition) is 7. The van der Waals surface area contributed by atoms with Crippen LogP contribution in [0.4, 0.5) is 5.13 Å². The van der Waals surface area contributed by atoms with Gasteiger partial charge in [-0.2, -0.15) is 9.36 Å². The predicted molar refractivity (Wildman–Crippen MR) is 74.7 cm³/mol. The van der Waals surface area contributed by atoms with Crippen LogP contribution in [-0.4, -0.2) is 57.1 Å². The van der Waals surface area contributed by atoms with Gasteiger partial charge < -0.3 is 5.11 Å². The highest BCUT2D eigenvalue weighted by atomic mass is 32.2. The third-order valence-corrected chi connectivity index (χ3v) is 3.71. The van der Waals surface area contributed by atoms with Crippen LogP contribution in [0.15, 0.2) is 5.16 Å². The van der Waals surface area contributed by atoms with Crippen molar-refractivity contribution in [1.82, 2.24) is 14.3 Å². The summed E-state index contributed by atoms with van der Waals surface area (Å²) in [6.07, 6.45) is 1.03. The lowest BCUT2D eigenvalue weighted by atomic mass is 10.5. The zero-order chi connectivity index (χ0) is 14.3. The molecule has 1 aromatic heterocycles. The fourth-order valence-corrected chi connectivity index (χ4v) is 2.62. The number of carboxylic acid groups (broad SMARTS) is 1. The fourth-order valence-electron chi connectivity index (χ4n) is 1.20. The van der Waals surface area contributed by atoms with Crippen LogP contribution in [0, 0.1) is 0 Å². The Hall–Kier alpha value is -1.19. The monoisotopic (exact) mass is 304 g/mol. The Bertz CT molecular complexity index is 438. The summed E-state index contributed by atoms with van der Waals surface area (Å²) in [5.41, 5.74) is 0. The van der Waals surface area contributed by atoms with Gasteiger partial charge in [-0.25, -0.2) is 0 Å². The van der Waals surface area contributed by atoms with E-state index in [2.05, 4.69) is 21.6 Å². The summed E-state index contributed by atoms with van der Waals surface area (Å²) >= 11 is 2.66. The Morgan fingerprint density at radius 3 is 2.84 bits per heavy atom. The molecule has 1 rings (SSSR count). The van der Waals surface area contributed by atoms with E-state index in [4.69, 9.17) is 5.11 Å². The van der Waals surface area contributed by atoms with Gasteiger partial charge in [0.1, 0.15) is 0 Å². The Balaban J connectivity index is 2.39. The number of likely N-dealkylation sites (N-methyl/N-ethyl adjacent to an activating group) is 1. The first-order valence-electron chi connectivity index (χ1n) is 5.68. The van der Waals surface area contributed by atoms with Gasteiger partial charge in [-0.1, -0.05) is 18.7 Å². The van der Waals surface area contributed by atoms with Crippen molar-refractivity contribution in [2.24, 2.45) is 0 Å². The minimum atomic E-state index is -0.968. The summed E-state index contributed by atoms with van der Waals surface area (Å²) in [5, 5.41) is 12.3. The lowest BCUT2D eigenvalue weighted by Crippen LogP contribution is -2.33. The molecule has 1 heterocycles. The molecule has 1 amide bonds. The molecule has 106 valence electrons. The van der Waals surface area contributed by atoms with Gasteiger partial charge in [0.05, 0.1) is 13.1 Å². The molecule has 19 heavy (non-hydrogen) atoms. The fraction of sp³-hybridized carbons (Fsp3) is 0.600. The van der Waals surface area contributed by atoms with E-state index in [0.29, 0.717) is 10.3 Å². The maximum Gasteiger partial charge on any atom is 0.317 e. The number of aromatic nitrogens is 2. The van der Waals surface area contributed by atoms with E-state index in [1.165, 1.54) is 16.7 Å². The van der Waals surface area contributed by atoms with Gasteiger partial charge in [0.2, 0.25) is 16.2 Å². The SMILES string of the molecule is CCCSc1nsc(NC(=O)CN(C)CC(=O)O)n1. The van der Waals surface area contributed by atoms with E-state index in [9.17, 15) is 9.59 Å². The molecule has 9 heteroatoms. The van der Waals surface area contributed by atoms with Gasteiger partial charge >= 0.3 is 5.97 Å². The number of nitrogens with zero attached hydrogens (tertiary/aromatic N) is 3. The Kier molecular flexibility index (Phi) is 6.74. The second-order valence-corrected chi connectivity index (χ2v) is 5.66. The number of hydrogen-bond donors (Lipinski definition) is 2. The maximum absolute atomic E-state index is 11.6. The minimum Gasteiger partial charge on any atom is -0.480 e. The third-order valence-electron chi connectivity index (χ3n) is 1.91. The number of anilines is 1. The molecule has 0 aliphatic heterocycles. The van der Waals surface area contributed by atoms with E-state index in [1.54, 1.807) is 7.05 Å². The zero-order valence-corrected chi connectivity index (χ0v) is 12.4. The molecule has 7 nitrogen and oxygen atoms in total. The summed E-state index contributed by atoms with van der Waals surface area (Å²) in [6, 6.07) is 0. The molecular weight excluding hydrogens is 288 g/mol. The second-order valence-electron chi connectivity index (χ2n) is 3.84. The largest absolute Gasteiger partial charge is 0.480 e. The van der Waals surface area contributed by atoms with Crippen LogP contribution in [0.2, 0.25) is 0 Å². The molecule has 0 atom stereocenters. The first-order chi connectivity index (χ1) is 9.01. The molecule has 0 spiro atoms. The van der Waals surface area contributed by atoms with Crippen LogP contribution in [0.3, 0.4) is 0 Å². The van der Waals surface area contributed by atoms with E-state index >= 15 is 0 Å². The number of rotatable bonds is 8. The van der Waals surface area contributed by atoms with Crippen molar-refractivity contribution in [3.63, 3.8) is 0 Å². The number of carbonyl (C=O) groups excluding carboxylic acids is 1. The van der Waals surface area contributed by atoms with Gasteiger partial charge in [0.15, 0.2) is 0 Å². The summed E-state index contributed by atoms with van der Waals surface area (Å²) in [6.45, 7) is 1.89. The molecule has 1 aromatic rings. The van der Waals surface area contributed by atoms with Crippen LogP contribution < -0.4 is 5.32 Å². The smallest absolute Gasteiger partial charge is 0.317 e. The quantitative estimate of drug-likeness (QED) is 0.692. The zero-order valence-electron chi connectivity index (χ0n) is 10.8. The van der Waals surface area contributed by atoms with Crippen molar-refractivity contribution in [3.8, 4) is 0 Å². The number of nitrogens with one attached hydrogen (secondary N) is 1. The number of amides is 1. The molecule has 0 radical (unpaired) electrons. The van der Waals surface area contributed by atoms with Crippen molar-refractivity contribution >= 4 is 40.3 Å². The molecular formula is C10H16N4O3S2. The molecule has 0 unspecified atom stereocenters. The molecule has 0 bridgehead atoms. The summed E-state index contributed by atoms with van der Waals surface area (Å²) < 4.78 is 4.11. The predicted octanol–water partition coefficient (Wildman–Crippen LogP) is 0.995. The first-order valence-corrected chi connectivity index (χ1v) is 7.44. The second kappa shape index (κ2) is 8.08. The topological polar surface area (TPSA) is 95.4 Å². The van der Waals surface area contributed by atoms with Crippen molar-refractivity contribution in [1.29, 1.82) is 0 Å². The van der Waals surface area contributed by atoms with E-state index in [0.717, 1.165) is 23.7 Å². The maximum atomic E-state index is 11.6. The van der Waals surface area contributed by atoms with E-state index < -0.39 is 5.97 Å². The molecule has 0 saturated heterocycles. The van der Waals surface area contributed by atoms with Crippen molar-refractivity contribution in [2.75, 3.05) is 31.2 Å². The van der Waals surface area contributed by atoms with Gasteiger partial charge in [-0.05, 0) is 13.5 Å². The van der Waals surface area contributed by atoms with Gasteiger partial charge in [-0.15, -0.1) is 0 Å². The lowest BCUT2D eigenvalue weighted by Gasteiger charge is -2.12. The average Bonchev–Trinajstić information content (AvgIpc) is 2.72. The summed E-state index contributed by atoms with van der Waals surface area (Å²) in [5.74, 6) is -0.331. The molecule has 0 aliphatic rings. The Morgan fingerprint density at radius 2 is 2.21 bits per heavy atom.